The molecule has 1 N–H and O–H groups in total. The normalized spacial score (nSPS) is 12.1. The lowest BCUT2D eigenvalue weighted by Crippen LogP contribution is -2.18. The Labute approximate surface area is 109 Å². The Morgan fingerprint density at radius 1 is 1.00 bits per heavy atom. The van der Waals surface area contributed by atoms with Crippen LogP contribution in [0.5, 0.6) is 5.75 Å². The van der Waals surface area contributed by atoms with Gasteiger partial charge in [0.2, 0.25) is 0 Å². The summed E-state index contributed by atoms with van der Waals surface area (Å²) in [5.74, 6) is 0.936. The zero-order valence-corrected chi connectivity index (χ0v) is 10.9. The van der Waals surface area contributed by atoms with Gasteiger partial charge in [-0.05, 0) is 18.6 Å². The second kappa shape index (κ2) is 6.22. The van der Waals surface area contributed by atoms with Gasteiger partial charge in [0.25, 0.3) is 0 Å². The van der Waals surface area contributed by atoms with E-state index in [1.807, 2.05) is 24.3 Å². The lowest BCUT2D eigenvalue weighted by Gasteiger charge is -2.17. The van der Waals surface area contributed by atoms with Crippen molar-refractivity contribution < 1.29 is 4.74 Å². The molecule has 0 saturated carbocycles. The van der Waals surface area contributed by atoms with Gasteiger partial charge in [-0.15, -0.1) is 0 Å². The Bertz CT molecular complexity index is 481. The highest BCUT2D eigenvalue weighted by atomic mass is 16.5. The molecule has 94 valence electrons. The van der Waals surface area contributed by atoms with Crippen LogP contribution in [0.25, 0.3) is 0 Å². The van der Waals surface area contributed by atoms with Crippen molar-refractivity contribution in [2.45, 2.75) is 19.5 Å². The number of rotatable bonds is 5. The molecule has 0 fully saturated rings. The van der Waals surface area contributed by atoms with E-state index >= 15 is 0 Å². The number of nitrogens with one attached hydrogen (secondary N) is 1. The summed E-state index contributed by atoms with van der Waals surface area (Å²) >= 11 is 0. The minimum absolute atomic E-state index is 0.265. The van der Waals surface area contributed by atoms with Crippen LogP contribution in [0, 0.1) is 0 Å². The number of hydrogen-bond acceptors (Lipinski definition) is 2. The van der Waals surface area contributed by atoms with Crippen molar-refractivity contribution in [2.24, 2.45) is 0 Å². The van der Waals surface area contributed by atoms with Crippen LogP contribution in [0.3, 0.4) is 0 Å². The summed E-state index contributed by atoms with van der Waals surface area (Å²) in [7, 11) is 1.71. The highest BCUT2D eigenvalue weighted by Crippen LogP contribution is 2.24. The second-order valence-corrected chi connectivity index (χ2v) is 4.33. The predicted octanol–water partition coefficient (Wildman–Crippen LogP) is 3.55. The molecule has 0 amide bonds. The van der Waals surface area contributed by atoms with E-state index in [0.717, 1.165) is 12.3 Å². The van der Waals surface area contributed by atoms with Crippen LogP contribution in [-0.2, 0) is 6.54 Å². The van der Waals surface area contributed by atoms with E-state index < -0.39 is 0 Å². The van der Waals surface area contributed by atoms with E-state index in [1.165, 1.54) is 11.1 Å². The van der Waals surface area contributed by atoms with Crippen LogP contribution in [0.2, 0.25) is 0 Å². The van der Waals surface area contributed by atoms with E-state index in [-0.39, 0.29) is 6.04 Å². The smallest absolute Gasteiger partial charge is 0.123 e. The molecule has 2 rings (SSSR count). The van der Waals surface area contributed by atoms with Gasteiger partial charge in [-0.1, -0.05) is 48.5 Å². The van der Waals surface area contributed by atoms with Crippen LogP contribution < -0.4 is 10.1 Å². The molecule has 0 saturated heterocycles. The molecular weight excluding hydrogens is 222 g/mol. The van der Waals surface area contributed by atoms with Gasteiger partial charge in [-0.3, -0.25) is 0 Å². The summed E-state index contributed by atoms with van der Waals surface area (Å²) in [6.45, 7) is 3.01. The largest absolute Gasteiger partial charge is 0.496 e. The monoisotopic (exact) mass is 241 g/mol. The van der Waals surface area contributed by atoms with Crippen LogP contribution in [0.15, 0.2) is 54.6 Å². The van der Waals surface area contributed by atoms with Crippen molar-refractivity contribution >= 4 is 0 Å². The molecule has 2 heteroatoms. The highest BCUT2D eigenvalue weighted by molar-refractivity contribution is 5.35. The summed E-state index contributed by atoms with van der Waals surface area (Å²) in [6, 6.07) is 18.8. The van der Waals surface area contributed by atoms with Crippen molar-refractivity contribution in [1.82, 2.24) is 5.32 Å². The number of para-hydroxylation sites is 1. The van der Waals surface area contributed by atoms with Gasteiger partial charge in [0, 0.05) is 18.2 Å². The molecule has 0 heterocycles. The molecule has 0 radical (unpaired) electrons. The minimum Gasteiger partial charge on any atom is -0.496 e. The van der Waals surface area contributed by atoms with E-state index in [2.05, 4.69) is 42.6 Å². The van der Waals surface area contributed by atoms with Gasteiger partial charge < -0.3 is 10.1 Å². The molecule has 1 atom stereocenters. The number of ether oxygens (including phenoxy) is 1. The van der Waals surface area contributed by atoms with Crippen LogP contribution in [0.4, 0.5) is 0 Å². The van der Waals surface area contributed by atoms with Crippen LogP contribution in [-0.4, -0.2) is 7.11 Å². The van der Waals surface area contributed by atoms with Crippen molar-refractivity contribution in [3.63, 3.8) is 0 Å². The van der Waals surface area contributed by atoms with Gasteiger partial charge in [0.1, 0.15) is 5.75 Å². The number of methoxy groups -OCH3 is 1. The van der Waals surface area contributed by atoms with E-state index in [0.29, 0.717) is 0 Å². The fourth-order valence-corrected chi connectivity index (χ4v) is 2.00. The molecule has 18 heavy (non-hydrogen) atoms. The molecule has 0 aliphatic heterocycles. The zero-order chi connectivity index (χ0) is 12.8. The molecule has 0 aliphatic rings. The number of hydrogen-bond donors (Lipinski definition) is 1. The van der Waals surface area contributed by atoms with Gasteiger partial charge in [0.15, 0.2) is 0 Å². The summed E-state index contributed by atoms with van der Waals surface area (Å²) in [5, 5.41) is 3.51. The summed E-state index contributed by atoms with van der Waals surface area (Å²) in [6.07, 6.45) is 0. The molecular formula is C16H19NO. The van der Waals surface area contributed by atoms with Gasteiger partial charge in [-0.2, -0.15) is 0 Å². The predicted molar refractivity (Wildman–Crippen MR) is 74.7 cm³/mol. The lowest BCUT2D eigenvalue weighted by molar-refractivity contribution is 0.401. The van der Waals surface area contributed by atoms with Crippen molar-refractivity contribution in [2.75, 3.05) is 7.11 Å². The Hall–Kier alpha value is -1.80. The SMILES string of the molecule is COc1ccccc1[C@H](C)NCc1ccccc1. The maximum Gasteiger partial charge on any atom is 0.123 e. The van der Waals surface area contributed by atoms with Crippen molar-refractivity contribution in [3.05, 3.63) is 65.7 Å². The zero-order valence-electron chi connectivity index (χ0n) is 10.9. The number of benzene rings is 2. The molecule has 0 aliphatic carbocycles. The molecule has 2 aromatic carbocycles. The van der Waals surface area contributed by atoms with Gasteiger partial charge in [0.05, 0.1) is 7.11 Å². The van der Waals surface area contributed by atoms with Crippen LogP contribution in [0.1, 0.15) is 24.1 Å². The summed E-state index contributed by atoms with van der Waals surface area (Å²) in [4.78, 5) is 0. The Kier molecular flexibility index (Phi) is 4.37. The highest BCUT2D eigenvalue weighted by Gasteiger charge is 2.09. The van der Waals surface area contributed by atoms with Gasteiger partial charge >= 0.3 is 0 Å². The Morgan fingerprint density at radius 3 is 2.39 bits per heavy atom. The molecule has 2 nitrogen and oxygen atoms in total. The van der Waals surface area contributed by atoms with E-state index in [9.17, 15) is 0 Å². The topological polar surface area (TPSA) is 21.3 Å². The average Bonchev–Trinajstić information content (AvgIpc) is 2.45. The van der Waals surface area contributed by atoms with Crippen LogP contribution >= 0.6 is 0 Å². The summed E-state index contributed by atoms with van der Waals surface area (Å²) < 4.78 is 5.38. The van der Waals surface area contributed by atoms with E-state index in [1.54, 1.807) is 7.11 Å². The Morgan fingerprint density at radius 2 is 1.67 bits per heavy atom. The summed E-state index contributed by atoms with van der Waals surface area (Å²) in [5.41, 5.74) is 2.48. The van der Waals surface area contributed by atoms with Gasteiger partial charge in [-0.25, -0.2) is 0 Å². The lowest BCUT2D eigenvalue weighted by atomic mass is 10.1. The maximum absolute atomic E-state index is 5.38. The quantitative estimate of drug-likeness (QED) is 0.864. The molecule has 0 unspecified atom stereocenters. The maximum atomic E-state index is 5.38. The minimum atomic E-state index is 0.265. The standard InChI is InChI=1S/C16H19NO/c1-13(15-10-6-7-11-16(15)18-2)17-12-14-8-4-3-5-9-14/h3-11,13,17H,12H2,1-2H3/t13-/m0/s1. The third kappa shape index (κ3) is 3.11. The molecule has 0 aromatic heterocycles. The first-order chi connectivity index (χ1) is 8.81. The van der Waals surface area contributed by atoms with Crippen molar-refractivity contribution in [3.8, 4) is 5.75 Å². The third-order valence-electron chi connectivity index (χ3n) is 3.06. The first-order valence-electron chi connectivity index (χ1n) is 6.21. The molecule has 0 spiro atoms. The first-order valence-corrected chi connectivity index (χ1v) is 6.21. The van der Waals surface area contributed by atoms with E-state index in [4.69, 9.17) is 4.74 Å². The average molecular weight is 241 g/mol. The third-order valence-corrected chi connectivity index (χ3v) is 3.06. The molecule has 0 bridgehead atoms. The van der Waals surface area contributed by atoms with Crippen molar-refractivity contribution in [1.29, 1.82) is 0 Å². The Balaban J connectivity index is 2.01. The first kappa shape index (κ1) is 12.7. The molecule has 2 aromatic rings. The fraction of sp³-hybridized carbons (Fsp3) is 0.250. The fourth-order valence-electron chi connectivity index (χ4n) is 2.00. The second-order valence-electron chi connectivity index (χ2n) is 4.33.